The van der Waals surface area contributed by atoms with Gasteiger partial charge in [-0.3, -0.25) is 10.1 Å². The van der Waals surface area contributed by atoms with E-state index in [0.29, 0.717) is 5.41 Å². The van der Waals surface area contributed by atoms with Crippen LogP contribution in [0.4, 0.5) is 11.5 Å². The van der Waals surface area contributed by atoms with Crippen molar-refractivity contribution in [2.75, 3.05) is 18.0 Å². The van der Waals surface area contributed by atoms with Crippen molar-refractivity contribution < 1.29 is 4.92 Å². The van der Waals surface area contributed by atoms with E-state index in [1.807, 2.05) is 0 Å². The summed E-state index contributed by atoms with van der Waals surface area (Å²) in [6, 6.07) is 3.27. The second kappa shape index (κ2) is 4.92. The van der Waals surface area contributed by atoms with E-state index >= 15 is 0 Å². The predicted octanol–water partition coefficient (Wildman–Crippen LogP) is 3.01. The highest BCUT2D eigenvalue weighted by molar-refractivity contribution is 5.43. The summed E-state index contributed by atoms with van der Waals surface area (Å²) in [6.45, 7) is 6.53. The van der Waals surface area contributed by atoms with Crippen molar-refractivity contribution in [1.82, 2.24) is 4.98 Å². The highest BCUT2D eigenvalue weighted by Gasteiger charge is 2.23. The fourth-order valence-electron chi connectivity index (χ4n) is 2.33. The van der Waals surface area contributed by atoms with Crippen molar-refractivity contribution in [3.63, 3.8) is 0 Å². The Morgan fingerprint density at radius 3 is 2.72 bits per heavy atom. The Kier molecular flexibility index (Phi) is 3.50. The Morgan fingerprint density at radius 2 is 2.11 bits per heavy atom. The minimum absolute atomic E-state index is 0.0499. The molecule has 2 rings (SSSR count). The van der Waals surface area contributed by atoms with Gasteiger partial charge in [-0.2, -0.15) is 0 Å². The average molecular weight is 249 g/mol. The summed E-state index contributed by atoms with van der Waals surface area (Å²) in [4.78, 5) is 16.6. The molecule has 0 saturated carbocycles. The summed E-state index contributed by atoms with van der Waals surface area (Å²) in [5.74, 6) is 0.846. The van der Waals surface area contributed by atoms with E-state index in [4.69, 9.17) is 0 Å². The fourth-order valence-corrected chi connectivity index (χ4v) is 2.33. The van der Waals surface area contributed by atoms with Crippen molar-refractivity contribution in [2.24, 2.45) is 5.41 Å². The summed E-state index contributed by atoms with van der Waals surface area (Å²) in [6.07, 6.45) is 4.83. The van der Waals surface area contributed by atoms with Crippen LogP contribution in [0.25, 0.3) is 0 Å². The molecule has 0 N–H and O–H groups in total. The van der Waals surface area contributed by atoms with Crippen molar-refractivity contribution >= 4 is 11.5 Å². The third-order valence-corrected chi connectivity index (χ3v) is 3.61. The Hall–Kier alpha value is -1.65. The molecule has 1 aliphatic rings. The Balaban J connectivity index is 2.09. The molecule has 5 heteroatoms. The lowest BCUT2D eigenvalue weighted by Crippen LogP contribution is -2.25. The van der Waals surface area contributed by atoms with Gasteiger partial charge in [0, 0.05) is 19.2 Å². The van der Waals surface area contributed by atoms with Gasteiger partial charge in [0.2, 0.25) is 0 Å². The minimum Gasteiger partial charge on any atom is -0.357 e. The van der Waals surface area contributed by atoms with Gasteiger partial charge in [0.25, 0.3) is 5.69 Å². The molecule has 0 aromatic carbocycles. The monoisotopic (exact) mass is 249 g/mol. The number of rotatable bonds is 2. The van der Waals surface area contributed by atoms with Crippen molar-refractivity contribution in [1.29, 1.82) is 0 Å². The van der Waals surface area contributed by atoms with Gasteiger partial charge in [0.1, 0.15) is 12.0 Å². The van der Waals surface area contributed by atoms with Crippen LogP contribution < -0.4 is 4.90 Å². The number of aromatic nitrogens is 1. The molecule has 1 saturated heterocycles. The number of hydrogen-bond donors (Lipinski definition) is 0. The molecule has 0 amide bonds. The van der Waals surface area contributed by atoms with Crippen molar-refractivity contribution in [3.05, 3.63) is 28.4 Å². The van der Waals surface area contributed by atoms with Crippen LogP contribution in [-0.2, 0) is 0 Å². The maximum Gasteiger partial charge on any atom is 0.287 e. The molecule has 98 valence electrons. The topological polar surface area (TPSA) is 59.3 Å². The van der Waals surface area contributed by atoms with Gasteiger partial charge in [-0.05, 0) is 30.7 Å². The number of pyridine rings is 1. The third-order valence-electron chi connectivity index (χ3n) is 3.61. The van der Waals surface area contributed by atoms with Crippen molar-refractivity contribution in [3.8, 4) is 0 Å². The van der Waals surface area contributed by atoms with Crippen LogP contribution >= 0.6 is 0 Å². The first-order valence-corrected chi connectivity index (χ1v) is 6.33. The summed E-state index contributed by atoms with van der Waals surface area (Å²) in [5, 5.41) is 10.6. The lowest BCUT2D eigenvalue weighted by atomic mass is 9.85. The van der Waals surface area contributed by atoms with E-state index in [2.05, 4.69) is 23.7 Å². The summed E-state index contributed by atoms with van der Waals surface area (Å²) in [7, 11) is 0. The van der Waals surface area contributed by atoms with Crippen LogP contribution in [0.1, 0.15) is 33.1 Å². The number of nitrogens with zero attached hydrogens (tertiary/aromatic N) is 3. The van der Waals surface area contributed by atoms with E-state index in [1.54, 1.807) is 6.07 Å². The smallest absolute Gasteiger partial charge is 0.287 e. The van der Waals surface area contributed by atoms with Crippen molar-refractivity contribution in [2.45, 2.75) is 33.1 Å². The van der Waals surface area contributed by atoms with Crippen LogP contribution in [0.3, 0.4) is 0 Å². The molecule has 1 aromatic heterocycles. The van der Waals surface area contributed by atoms with Gasteiger partial charge >= 0.3 is 0 Å². The lowest BCUT2D eigenvalue weighted by molar-refractivity contribution is -0.385. The lowest BCUT2D eigenvalue weighted by Gasteiger charge is -2.23. The van der Waals surface area contributed by atoms with Crippen LogP contribution in [0.5, 0.6) is 0 Å². The predicted molar refractivity (Wildman–Crippen MR) is 70.7 cm³/mol. The van der Waals surface area contributed by atoms with E-state index in [9.17, 15) is 10.1 Å². The van der Waals surface area contributed by atoms with E-state index in [-0.39, 0.29) is 5.69 Å². The van der Waals surface area contributed by atoms with E-state index in [0.717, 1.165) is 31.7 Å². The highest BCUT2D eigenvalue weighted by Crippen LogP contribution is 2.31. The Labute approximate surface area is 107 Å². The van der Waals surface area contributed by atoms with Gasteiger partial charge in [-0.15, -0.1) is 0 Å². The van der Waals surface area contributed by atoms with E-state index < -0.39 is 4.92 Å². The Bertz CT molecular complexity index is 428. The Morgan fingerprint density at radius 1 is 1.33 bits per heavy atom. The molecular formula is C13H19N3O2. The first kappa shape index (κ1) is 12.8. The second-order valence-corrected chi connectivity index (χ2v) is 5.64. The van der Waals surface area contributed by atoms with Crippen LogP contribution in [0, 0.1) is 15.5 Å². The molecule has 0 atom stereocenters. The first-order valence-electron chi connectivity index (χ1n) is 6.33. The first-order chi connectivity index (χ1) is 8.48. The van der Waals surface area contributed by atoms with Gasteiger partial charge < -0.3 is 4.90 Å². The molecule has 18 heavy (non-hydrogen) atoms. The molecule has 0 spiro atoms. The molecular weight excluding hydrogens is 230 g/mol. The third kappa shape index (κ3) is 2.97. The summed E-state index contributed by atoms with van der Waals surface area (Å²) in [5.41, 5.74) is 0.434. The van der Waals surface area contributed by atoms with Gasteiger partial charge in [-0.1, -0.05) is 13.8 Å². The normalized spacial score (nSPS) is 19.3. The average Bonchev–Trinajstić information content (AvgIpc) is 2.50. The number of anilines is 1. The van der Waals surface area contributed by atoms with Crippen LogP contribution in [0.15, 0.2) is 18.3 Å². The molecule has 2 heterocycles. The largest absolute Gasteiger partial charge is 0.357 e. The molecule has 0 unspecified atom stereocenters. The fraction of sp³-hybridized carbons (Fsp3) is 0.615. The van der Waals surface area contributed by atoms with Gasteiger partial charge in [0.05, 0.1) is 4.92 Å². The molecule has 5 nitrogen and oxygen atoms in total. The van der Waals surface area contributed by atoms with Gasteiger partial charge in [0.15, 0.2) is 0 Å². The molecule has 0 radical (unpaired) electrons. The van der Waals surface area contributed by atoms with Gasteiger partial charge in [-0.25, -0.2) is 4.98 Å². The number of nitro groups is 1. The van der Waals surface area contributed by atoms with Crippen LogP contribution in [0.2, 0.25) is 0 Å². The molecule has 1 fully saturated rings. The zero-order valence-corrected chi connectivity index (χ0v) is 10.9. The molecule has 0 bridgehead atoms. The number of hydrogen-bond acceptors (Lipinski definition) is 4. The van der Waals surface area contributed by atoms with E-state index in [1.165, 1.54) is 18.7 Å². The highest BCUT2D eigenvalue weighted by atomic mass is 16.6. The molecule has 0 aliphatic carbocycles. The second-order valence-electron chi connectivity index (χ2n) is 5.64. The zero-order valence-electron chi connectivity index (χ0n) is 10.9. The van der Waals surface area contributed by atoms with Crippen LogP contribution in [-0.4, -0.2) is 23.0 Å². The summed E-state index contributed by atoms with van der Waals surface area (Å²) >= 11 is 0. The standard InChI is InChI=1S/C13H19N3O2/c1-13(2)6-3-8-15(9-7-13)12-5-4-11(10-14-12)16(17)18/h4-5,10H,3,6-9H2,1-2H3. The quantitative estimate of drug-likeness (QED) is 0.597. The maximum atomic E-state index is 10.6. The summed E-state index contributed by atoms with van der Waals surface area (Å²) < 4.78 is 0. The zero-order chi connectivity index (χ0) is 13.2. The maximum absolute atomic E-state index is 10.6. The minimum atomic E-state index is -0.414. The SMILES string of the molecule is CC1(C)CCCN(c2ccc([N+](=O)[O-])cn2)CC1. The molecule has 1 aromatic rings. The molecule has 1 aliphatic heterocycles.